The molecular weight excluding hydrogens is 226 g/mol. The molecule has 0 aromatic carbocycles. The summed E-state index contributed by atoms with van der Waals surface area (Å²) in [5.74, 6) is 0.292. The van der Waals surface area contributed by atoms with Gasteiger partial charge in [0.2, 0.25) is 5.91 Å². The Hall–Kier alpha value is -0.610. The third kappa shape index (κ3) is 2.69. The summed E-state index contributed by atoms with van der Waals surface area (Å²) in [5, 5.41) is 3.44. The maximum atomic E-state index is 12.3. The zero-order valence-electron chi connectivity index (χ0n) is 12.1. The molecule has 104 valence electrons. The van der Waals surface area contributed by atoms with Gasteiger partial charge in [0.25, 0.3) is 0 Å². The van der Waals surface area contributed by atoms with Gasteiger partial charge in [-0.25, -0.2) is 0 Å². The van der Waals surface area contributed by atoms with Crippen LogP contribution >= 0.6 is 0 Å². The molecule has 0 bridgehead atoms. The molecule has 2 rings (SSSR count). The first-order valence-corrected chi connectivity index (χ1v) is 7.36. The molecule has 4 heteroatoms. The molecule has 2 fully saturated rings. The zero-order chi connectivity index (χ0) is 13.3. The van der Waals surface area contributed by atoms with Crippen LogP contribution in [0.3, 0.4) is 0 Å². The Kier molecular flexibility index (Phi) is 4.28. The van der Waals surface area contributed by atoms with Crippen LogP contribution in [0.25, 0.3) is 0 Å². The lowest BCUT2D eigenvalue weighted by molar-refractivity contribution is -0.130. The monoisotopic (exact) mass is 253 g/mol. The Labute approximate surface area is 111 Å². The van der Waals surface area contributed by atoms with Gasteiger partial charge < -0.3 is 4.90 Å². The van der Waals surface area contributed by atoms with E-state index in [1.165, 1.54) is 12.8 Å². The smallest absolute Gasteiger partial charge is 0.241 e. The first-order chi connectivity index (χ1) is 8.58. The predicted molar refractivity (Wildman–Crippen MR) is 73.3 cm³/mol. The van der Waals surface area contributed by atoms with Gasteiger partial charge in [-0.05, 0) is 39.7 Å². The molecule has 0 radical (unpaired) electrons. The van der Waals surface area contributed by atoms with Gasteiger partial charge in [-0.15, -0.1) is 0 Å². The molecule has 1 aliphatic heterocycles. The molecular formula is C14H27N3O. The second-order valence-corrected chi connectivity index (χ2v) is 5.79. The van der Waals surface area contributed by atoms with E-state index in [9.17, 15) is 4.79 Å². The zero-order valence-corrected chi connectivity index (χ0v) is 12.1. The molecule has 1 saturated carbocycles. The van der Waals surface area contributed by atoms with E-state index in [1.54, 1.807) is 0 Å². The number of carbonyl (C=O) groups excluding carboxylic acids is 1. The van der Waals surface area contributed by atoms with E-state index in [-0.39, 0.29) is 12.2 Å². The van der Waals surface area contributed by atoms with Crippen LogP contribution < -0.4 is 5.32 Å². The third-order valence-corrected chi connectivity index (χ3v) is 4.42. The standard InChI is InChI=1S/C14H27N3O/c1-5-12-14(18)17(13(6-2)15-12)9-10(3)16(4)11-7-8-11/h10-13,15H,5-9H2,1-4H3. The van der Waals surface area contributed by atoms with Crippen molar-refractivity contribution in [2.75, 3.05) is 13.6 Å². The highest BCUT2D eigenvalue weighted by atomic mass is 16.2. The number of likely N-dealkylation sites (N-methyl/N-ethyl adjacent to an activating group) is 1. The van der Waals surface area contributed by atoms with E-state index in [0.717, 1.165) is 25.4 Å². The van der Waals surface area contributed by atoms with Crippen LogP contribution in [0.1, 0.15) is 46.5 Å². The van der Waals surface area contributed by atoms with Crippen molar-refractivity contribution in [1.29, 1.82) is 0 Å². The first-order valence-electron chi connectivity index (χ1n) is 7.36. The number of rotatable bonds is 6. The van der Waals surface area contributed by atoms with E-state index in [2.05, 4.69) is 42.9 Å². The molecule has 18 heavy (non-hydrogen) atoms. The lowest BCUT2D eigenvalue weighted by Gasteiger charge is -2.31. The van der Waals surface area contributed by atoms with Crippen LogP contribution in [0.5, 0.6) is 0 Å². The topological polar surface area (TPSA) is 35.6 Å². The van der Waals surface area contributed by atoms with Crippen molar-refractivity contribution < 1.29 is 4.79 Å². The number of amides is 1. The molecule has 2 aliphatic rings. The van der Waals surface area contributed by atoms with Gasteiger partial charge in [0.15, 0.2) is 0 Å². The van der Waals surface area contributed by atoms with Crippen LogP contribution in [0.15, 0.2) is 0 Å². The Balaban J connectivity index is 1.95. The van der Waals surface area contributed by atoms with Gasteiger partial charge in [0.05, 0.1) is 12.2 Å². The Morgan fingerprint density at radius 1 is 1.39 bits per heavy atom. The summed E-state index contributed by atoms with van der Waals surface area (Å²) < 4.78 is 0. The summed E-state index contributed by atoms with van der Waals surface area (Å²) >= 11 is 0. The molecule has 1 aliphatic carbocycles. The molecule has 4 nitrogen and oxygen atoms in total. The molecule has 1 saturated heterocycles. The lowest BCUT2D eigenvalue weighted by Crippen LogP contribution is -2.46. The number of hydrogen-bond acceptors (Lipinski definition) is 3. The van der Waals surface area contributed by atoms with E-state index < -0.39 is 0 Å². The molecule has 0 aromatic heterocycles. The van der Waals surface area contributed by atoms with Gasteiger partial charge in [0, 0.05) is 18.6 Å². The SMILES string of the molecule is CCC1NC(CC)N(CC(C)N(C)C2CC2)C1=O. The van der Waals surface area contributed by atoms with Crippen LogP contribution in [-0.4, -0.2) is 53.6 Å². The van der Waals surface area contributed by atoms with Gasteiger partial charge in [-0.1, -0.05) is 13.8 Å². The summed E-state index contributed by atoms with van der Waals surface area (Å²) in [6.07, 6.45) is 4.75. The molecule has 1 N–H and O–H groups in total. The van der Waals surface area contributed by atoms with Crippen molar-refractivity contribution >= 4 is 5.91 Å². The van der Waals surface area contributed by atoms with Crippen molar-refractivity contribution in [3.8, 4) is 0 Å². The summed E-state index contributed by atoms with van der Waals surface area (Å²) in [5.41, 5.74) is 0. The van der Waals surface area contributed by atoms with E-state index in [0.29, 0.717) is 11.9 Å². The molecule has 3 atom stereocenters. The van der Waals surface area contributed by atoms with Crippen LogP contribution in [-0.2, 0) is 4.79 Å². The van der Waals surface area contributed by atoms with Crippen LogP contribution in [0, 0.1) is 0 Å². The fourth-order valence-electron chi connectivity index (χ4n) is 2.85. The highest BCUT2D eigenvalue weighted by molar-refractivity contribution is 5.84. The van der Waals surface area contributed by atoms with Crippen molar-refractivity contribution in [1.82, 2.24) is 15.1 Å². The second kappa shape index (κ2) is 5.57. The van der Waals surface area contributed by atoms with Crippen molar-refractivity contribution in [2.45, 2.75) is 70.7 Å². The fraction of sp³-hybridized carbons (Fsp3) is 0.929. The number of nitrogens with zero attached hydrogens (tertiary/aromatic N) is 2. The van der Waals surface area contributed by atoms with E-state index in [1.807, 2.05) is 0 Å². The van der Waals surface area contributed by atoms with Gasteiger partial charge >= 0.3 is 0 Å². The molecule has 1 heterocycles. The maximum Gasteiger partial charge on any atom is 0.241 e. The Bertz CT molecular complexity index is 303. The van der Waals surface area contributed by atoms with E-state index >= 15 is 0 Å². The normalized spacial score (nSPS) is 30.3. The van der Waals surface area contributed by atoms with Crippen LogP contribution in [0.2, 0.25) is 0 Å². The second-order valence-electron chi connectivity index (χ2n) is 5.79. The Morgan fingerprint density at radius 3 is 2.56 bits per heavy atom. The van der Waals surface area contributed by atoms with Crippen molar-refractivity contribution in [3.63, 3.8) is 0 Å². The minimum Gasteiger partial charge on any atom is -0.324 e. The minimum atomic E-state index is 0.0355. The minimum absolute atomic E-state index is 0.0355. The average molecular weight is 253 g/mol. The average Bonchev–Trinajstić information content (AvgIpc) is 3.16. The fourth-order valence-corrected chi connectivity index (χ4v) is 2.85. The number of nitrogens with one attached hydrogen (secondary N) is 1. The maximum absolute atomic E-state index is 12.3. The van der Waals surface area contributed by atoms with Crippen LogP contribution in [0.4, 0.5) is 0 Å². The summed E-state index contributed by atoms with van der Waals surface area (Å²) in [6.45, 7) is 7.31. The lowest BCUT2D eigenvalue weighted by atomic mass is 10.2. The highest BCUT2D eigenvalue weighted by Gasteiger charge is 2.38. The highest BCUT2D eigenvalue weighted by Crippen LogP contribution is 2.27. The largest absolute Gasteiger partial charge is 0.324 e. The molecule has 0 aromatic rings. The predicted octanol–water partition coefficient (Wildman–Crippen LogP) is 1.42. The Morgan fingerprint density at radius 2 is 2.06 bits per heavy atom. The van der Waals surface area contributed by atoms with Gasteiger partial charge in [-0.2, -0.15) is 0 Å². The quantitative estimate of drug-likeness (QED) is 0.777. The van der Waals surface area contributed by atoms with Crippen molar-refractivity contribution in [2.24, 2.45) is 0 Å². The number of carbonyl (C=O) groups is 1. The summed E-state index contributed by atoms with van der Waals surface area (Å²) in [4.78, 5) is 16.8. The van der Waals surface area contributed by atoms with Gasteiger partial charge in [0.1, 0.15) is 0 Å². The first kappa shape index (κ1) is 13.8. The molecule has 1 amide bonds. The molecule has 0 spiro atoms. The van der Waals surface area contributed by atoms with E-state index in [4.69, 9.17) is 0 Å². The summed E-state index contributed by atoms with van der Waals surface area (Å²) in [6, 6.07) is 1.24. The number of hydrogen-bond donors (Lipinski definition) is 1. The summed E-state index contributed by atoms with van der Waals surface area (Å²) in [7, 11) is 2.19. The third-order valence-electron chi connectivity index (χ3n) is 4.42. The van der Waals surface area contributed by atoms with Gasteiger partial charge in [-0.3, -0.25) is 15.0 Å². The molecule has 3 unspecified atom stereocenters. The van der Waals surface area contributed by atoms with Crippen molar-refractivity contribution in [3.05, 3.63) is 0 Å².